The van der Waals surface area contributed by atoms with Gasteiger partial charge in [0.15, 0.2) is 0 Å². The minimum Gasteiger partial charge on any atom is -0.374 e. The van der Waals surface area contributed by atoms with Crippen LogP contribution in [-0.4, -0.2) is 24.9 Å². The summed E-state index contributed by atoms with van der Waals surface area (Å²) >= 11 is 0. The standard InChI is InChI=1S/C23H26N4O/c1-17(21-8-6-5-7-9-21)23(24-4)26-15-14-25-19(3)27-18(2)22-12-10-20(16-28)11-13-22/h5-16,24,26H,1-4H3/b15-14-,23-17+,25-19?,27-18?. The number of nitrogens with zero attached hydrogens (tertiary/aromatic N) is 2. The predicted molar refractivity (Wildman–Crippen MR) is 118 cm³/mol. The normalized spacial score (nSPS) is 13.3. The summed E-state index contributed by atoms with van der Waals surface area (Å²) in [5.41, 5.74) is 4.71. The van der Waals surface area contributed by atoms with Gasteiger partial charge in [0.2, 0.25) is 0 Å². The van der Waals surface area contributed by atoms with E-state index in [0.29, 0.717) is 11.4 Å². The summed E-state index contributed by atoms with van der Waals surface area (Å²) in [7, 11) is 1.88. The fourth-order valence-electron chi connectivity index (χ4n) is 2.61. The number of aliphatic imine (C=N–C) groups is 2. The lowest BCUT2D eigenvalue weighted by atomic mass is 10.1. The first-order chi connectivity index (χ1) is 13.5. The SMILES string of the molecule is CN/C(N/C=C\N=C(C)N=C(C)c1ccc(C=O)cc1)=C(/C)c1ccccc1. The summed E-state index contributed by atoms with van der Waals surface area (Å²) in [6.45, 7) is 5.82. The molecule has 2 aromatic carbocycles. The number of hydrogen-bond acceptors (Lipinski definition) is 4. The minimum absolute atomic E-state index is 0.643. The van der Waals surface area contributed by atoms with Gasteiger partial charge in [-0.3, -0.25) is 4.79 Å². The fraction of sp³-hybridized carbons (Fsp3) is 0.174. The van der Waals surface area contributed by atoms with Crippen LogP contribution < -0.4 is 10.6 Å². The molecule has 2 N–H and O–H groups in total. The van der Waals surface area contributed by atoms with Crippen LogP contribution in [0.5, 0.6) is 0 Å². The molecule has 0 unspecified atom stereocenters. The molecule has 5 nitrogen and oxygen atoms in total. The van der Waals surface area contributed by atoms with Crippen molar-refractivity contribution in [3.05, 3.63) is 89.5 Å². The predicted octanol–water partition coefficient (Wildman–Crippen LogP) is 4.40. The van der Waals surface area contributed by atoms with Crippen LogP contribution in [0.15, 0.2) is 82.8 Å². The molecule has 0 amide bonds. The van der Waals surface area contributed by atoms with E-state index in [4.69, 9.17) is 0 Å². The van der Waals surface area contributed by atoms with Crippen molar-refractivity contribution in [1.82, 2.24) is 10.6 Å². The van der Waals surface area contributed by atoms with Gasteiger partial charge in [0.05, 0.1) is 0 Å². The van der Waals surface area contributed by atoms with E-state index in [-0.39, 0.29) is 0 Å². The molecule has 0 aliphatic heterocycles. The first-order valence-electron chi connectivity index (χ1n) is 9.06. The Morgan fingerprint density at radius 2 is 1.61 bits per heavy atom. The number of hydrogen-bond donors (Lipinski definition) is 2. The Labute approximate surface area is 166 Å². The van der Waals surface area contributed by atoms with Crippen LogP contribution in [0.25, 0.3) is 5.57 Å². The number of aldehydes is 1. The van der Waals surface area contributed by atoms with Crippen molar-refractivity contribution in [2.45, 2.75) is 20.8 Å². The molecular formula is C23H26N4O. The highest BCUT2D eigenvalue weighted by atomic mass is 16.1. The molecule has 0 aliphatic carbocycles. The van der Waals surface area contributed by atoms with E-state index in [1.807, 2.05) is 51.2 Å². The lowest BCUT2D eigenvalue weighted by molar-refractivity contribution is 0.112. The van der Waals surface area contributed by atoms with Crippen molar-refractivity contribution in [2.75, 3.05) is 7.05 Å². The first kappa shape index (κ1) is 20.8. The first-order valence-corrected chi connectivity index (χ1v) is 9.06. The average Bonchev–Trinajstić information content (AvgIpc) is 2.74. The third-order valence-corrected chi connectivity index (χ3v) is 4.19. The molecule has 0 saturated carbocycles. The molecule has 2 rings (SSSR count). The summed E-state index contributed by atoms with van der Waals surface area (Å²) in [6.07, 6.45) is 4.27. The van der Waals surface area contributed by atoms with Gasteiger partial charge in [0, 0.05) is 30.7 Å². The second-order valence-electron chi connectivity index (χ2n) is 6.19. The van der Waals surface area contributed by atoms with Crippen molar-refractivity contribution >= 4 is 23.4 Å². The Morgan fingerprint density at radius 3 is 2.21 bits per heavy atom. The van der Waals surface area contributed by atoms with Gasteiger partial charge in [-0.2, -0.15) is 0 Å². The molecule has 0 saturated heterocycles. The summed E-state index contributed by atoms with van der Waals surface area (Å²) in [5, 5.41) is 6.39. The second kappa shape index (κ2) is 10.6. The Bertz CT molecular complexity index is 907. The molecule has 0 aliphatic rings. The molecule has 144 valence electrons. The topological polar surface area (TPSA) is 65.8 Å². The zero-order valence-electron chi connectivity index (χ0n) is 16.7. The van der Waals surface area contributed by atoms with Crippen LogP contribution in [0, 0.1) is 0 Å². The summed E-state index contributed by atoms with van der Waals surface area (Å²) in [5.74, 6) is 1.55. The molecule has 2 aromatic rings. The lowest BCUT2D eigenvalue weighted by Gasteiger charge is -2.11. The van der Waals surface area contributed by atoms with Crippen LogP contribution in [0.4, 0.5) is 0 Å². The van der Waals surface area contributed by atoms with Crippen LogP contribution in [-0.2, 0) is 0 Å². The zero-order chi connectivity index (χ0) is 20.4. The maximum Gasteiger partial charge on any atom is 0.150 e. The number of amidine groups is 1. The highest BCUT2D eigenvalue weighted by Gasteiger charge is 2.01. The monoisotopic (exact) mass is 374 g/mol. The molecule has 0 bridgehead atoms. The Kier molecular flexibility index (Phi) is 7.91. The van der Waals surface area contributed by atoms with E-state index in [2.05, 4.69) is 39.7 Å². The molecule has 5 heteroatoms. The van der Waals surface area contributed by atoms with Crippen molar-refractivity contribution in [3.63, 3.8) is 0 Å². The quantitative estimate of drug-likeness (QED) is 0.429. The van der Waals surface area contributed by atoms with E-state index in [0.717, 1.165) is 34.5 Å². The Balaban J connectivity index is 2.04. The van der Waals surface area contributed by atoms with Gasteiger partial charge >= 0.3 is 0 Å². The van der Waals surface area contributed by atoms with Gasteiger partial charge in [0.25, 0.3) is 0 Å². The van der Waals surface area contributed by atoms with Crippen LogP contribution in [0.3, 0.4) is 0 Å². The number of allylic oxidation sites excluding steroid dienone is 1. The number of carbonyl (C=O) groups excluding carboxylic acids is 1. The molecule has 0 fully saturated rings. The third kappa shape index (κ3) is 6.06. The van der Waals surface area contributed by atoms with E-state index >= 15 is 0 Å². The van der Waals surface area contributed by atoms with Crippen molar-refractivity contribution < 1.29 is 4.79 Å². The van der Waals surface area contributed by atoms with Gasteiger partial charge in [-0.05, 0) is 37.5 Å². The summed E-state index contributed by atoms with van der Waals surface area (Å²) < 4.78 is 0. The Hall–Kier alpha value is -3.47. The maximum absolute atomic E-state index is 10.7. The van der Waals surface area contributed by atoms with Gasteiger partial charge in [-0.25, -0.2) is 9.98 Å². The summed E-state index contributed by atoms with van der Waals surface area (Å²) in [4.78, 5) is 19.6. The number of benzene rings is 2. The largest absolute Gasteiger partial charge is 0.374 e. The molecule has 0 heterocycles. The van der Waals surface area contributed by atoms with Crippen molar-refractivity contribution in [1.29, 1.82) is 0 Å². The lowest BCUT2D eigenvalue weighted by Crippen LogP contribution is -2.20. The number of nitrogens with one attached hydrogen (secondary N) is 2. The van der Waals surface area contributed by atoms with E-state index in [9.17, 15) is 4.79 Å². The van der Waals surface area contributed by atoms with Gasteiger partial charge in [-0.15, -0.1) is 0 Å². The van der Waals surface area contributed by atoms with E-state index < -0.39 is 0 Å². The van der Waals surface area contributed by atoms with Gasteiger partial charge in [0.1, 0.15) is 17.9 Å². The maximum atomic E-state index is 10.7. The molecule has 0 radical (unpaired) electrons. The highest BCUT2D eigenvalue weighted by Crippen LogP contribution is 2.14. The number of rotatable bonds is 7. The third-order valence-electron chi connectivity index (χ3n) is 4.19. The van der Waals surface area contributed by atoms with Crippen molar-refractivity contribution in [3.8, 4) is 0 Å². The van der Waals surface area contributed by atoms with Gasteiger partial charge in [-0.1, -0.05) is 54.6 Å². The molecular weight excluding hydrogens is 348 g/mol. The minimum atomic E-state index is 0.643. The van der Waals surface area contributed by atoms with Crippen molar-refractivity contribution in [2.24, 2.45) is 9.98 Å². The van der Waals surface area contributed by atoms with Crippen LogP contribution in [0.1, 0.15) is 42.3 Å². The van der Waals surface area contributed by atoms with Crippen LogP contribution in [0.2, 0.25) is 0 Å². The number of carbonyl (C=O) groups is 1. The Morgan fingerprint density at radius 1 is 0.929 bits per heavy atom. The van der Waals surface area contributed by atoms with Crippen LogP contribution >= 0.6 is 0 Å². The molecule has 0 atom stereocenters. The van der Waals surface area contributed by atoms with E-state index in [1.165, 1.54) is 0 Å². The molecule has 28 heavy (non-hydrogen) atoms. The van der Waals surface area contributed by atoms with Gasteiger partial charge < -0.3 is 10.6 Å². The second-order valence-corrected chi connectivity index (χ2v) is 6.19. The van der Waals surface area contributed by atoms with E-state index in [1.54, 1.807) is 24.5 Å². The molecule has 0 spiro atoms. The smallest absolute Gasteiger partial charge is 0.150 e. The highest BCUT2D eigenvalue weighted by molar-refractivity contribution is 6.06. The fourth-order valence-corrected chi connectivity index (χ4v) is 2.61. The molecule has 0 aromatic heterocycles. The average molecular weight is 374 g/mol. The zero-order valence-corrected chi connectivity index (χ0v) is 16.7. The summed E-state index contributed by atoms with van der Waals surface area (Å²) in [6, 6.07) is 17.5.